The Kier molecular flexibility index (Phi) is 3.69. The van der Waals surface area contributed by atoms with Crippen LogP contribution in [0.25, 0.3) is 0 Å². The number of pyridine rings is 1. The molecule has 1 aromatic rings. The third kappa shape index (κ3) is 2.15. The lowest BCUT2D eigenvalue weighted by Gasteiger charge is -2.06. The zero-order chi connectivity index (χ0) is 10.7. The molecule has 6 heteroatoms. The summed E-state index contributed by atoms with van der Waals surface area (Å²) in [7, 11) is 0. The molecule has 0 saturated heterocycles. The highest BCUT2D eigenvalue weighted by Gasteiger charge is 2.19. The molecule has 14 heavy (non-hydrogen) atoms. The molecule has 0 aliphatic heterocycles. The smallest absolute Gasteiger partial charge is 0.254 e. The Morgan fingerprint density at radius 2 is 2.21 bits per heavy atom. The first kappa shape index (κ1) is 11.2. The van der Waals surface area contributed by atoms with Crippen molar-refractivity contribution in [3.8, 4) is 6.07 Å². The molecule has 0 fully saturated rings. The molecule has 0 atom stereocenters. The Bertz CT molecular complexity index is 387. The van der Waals surface area contributed by atoms with Gasteiger partial charge in [-0.2, -0.15) is 5.26 Å². The van der Waals surface area contributed by atoms with Gasteiger partial charge in [-0.15, -0.1) is 0 Å². The van der Waals surface area contributed by atoms with E-state index in [1.54, 1.807) is 28.7 Å². The molecule has 0 aromatic carbocycles. The van der Waals surface area contributed by atoms with Crippen LogP contribution in [-0.4, -0.2) is 4.98 Å². The minimum atomic E-state index is -2.86. The van der Waals surface area contributed by atoms with E-state index in [0.717, 1.165) is 6.20 Å². The van der Waals surface area contributed by atoms with E-state index in [4.69, 9.17) is 5.26 Å². The van der Waals surface area contributed by atoms with Crippen molar-refractivity contribution in [1.82, 2.24) is 4.98 Å². The van der Waals surface area contributed by atoms with Gasteiger partial charge in [0.25, 0.3) is 6.43 Å². The zero-order valence-corrected chi connectivity index (χ0v) is 8.93. The number of nitriles is 1. The van der Waals surface area contributed by atoms with Gasteiger partial charge < -0.3 is 0 Å². The molecule has 0 bridgehead atoms. The topological polar surface area (TPSA) is 36.7 Å². The second-order valence-electron chi connectivity index (χ2n) is 2.42. The zero-order valence-electron chi connectivity index (χ0n) is 6.77. The highest BCUT2D eigenvalue weighted by molar-refractivity contribution is 14.1. The monoisotopic (exact) mass is 312 g/mol. The first-order valence-electron chi connectivity index (χ1n) is 3.55. The SMILES string of the molecule is N#CCc1c(C(F)F)ncc(I)c1F. The van der Waals surface area contributed by atoms with Gasteiger partial charge in [-0.3, -0.25) is 4.98 Å². The van der Waals surface area contributed by atoms with Crippen LogP contribution in [0.15, 0.2) is 6.20 Å². The standard InChI is InChI=1S/C8H4F3IN2/c9-6-4(1-2-13)7(8(10)11)14-3-5(6)12/h3,8H,1H2. The van der Waals surface area contributed by atoms with Crippen LogP contribution in [0.3, 0.4) is 0 Å². The van der Waals surface area contributed by atoms with Crippen molar-refractivity contribution < 1.29 is 13.2 Å². The van der Waals surface area contributed by atoms with Gasteiger partial charge in [-0.1, -0.05) is 0 Å². The predicted molar refractivity (Wildman–Crippen MR) is 51.2 cm³/mol. The fraction of sp³-hybridized carbons (Fsp3) is 0.250. The van der Waals surface area contributed by atoms with Crippen molar-refractivity contribution in [1.29, 1.82) is 5.26 Å². The molecular formula is C8H4F3IN2. The van der Waals surface area contributed by atoms with E-state index in [0.29, 0.717) is 0 Å². The summed E-state index contributed by atoms with van der Waals surface area (Å²) in [6.45, 7) is 0. The molecule has 1 rings (SSSR count). The molecule has 1 aromatic heterocycles. The molecule has 1 heterocycles. The lowest BCUT2D eigenvalue weighted by molar-refractivity contribution is 0.144. The lowest BCUT2D eigenvalue weighted by atomic mass is 10.1. The third-order valence-corrected chi connectivity index (χ3v) is 2.32. The van der Waals surface area contributed by atoms with Crippen LogP contribution in [0.5, 0.6) is 0 Å². The van der Waals surface area contributed by atoms with Crippen LogP contribution in [0, 0.1) is 20.7 Å². The van der Waals surface area contributed by atoms with Crippen LogP contribution in [0.1, 0.15) is 17.7 Å². The van der Waals surface area contributed by atoms with E-state index < -0.39 is 24.4 Å². The minimum Gasteiger partial charge on any atom is -0.254 e. The van der Waals surface area contributed by atoms with E-state index >= 15 is 0 Å². The summed E-state index contributed by atoms with van der Waals surface area (Å²) < 4.78 is 38.1. The van der Waals surface area contributed by atoms with Gasteiger partial charge in [0.1, 0.15) is 11.5 Å². The van der Waals surface area contributed by atoms with Crippen molar-refractivity contribution in [2.45, 2.75) is 12.8 Å². The first-order chi connectivity index (χ1) is 6.57. The summed E-state index contributed by atoms with van der Waals surface area (Å²) in [5.41, 5.74) is -0.959. The van der Waals surface area contributed by atoms with Crippen LogP contribution in [-0.2, 0) is 6.42 Å². The lowest BCUT2D eigenvalue weighted by Crippen LogP contribution is -2.03. The number of rotatable bonds is 2. The van der Waals surface area contributed by atoms with Gasteiger partial charge in [0.05, 0.1) is 16.1 Å². The molecule has 0 amide bonds. The Labute approximate surface area is 91.9 Å². The van der Waals surface area contributed by atoms with E-state index in [1.807, 2.05) is 0 Å². The molecule has 0 aliphatic rings. The summed E-state index contributed by atoms with van der Waals surface area (Å²) in [5.74, 6) is -0.780. The fourth-order valence-electron chi connectivity index (χ4n) is 0.953. The van der Waals surface area contributed by atoms with Crippen LogP contribution in [0.2, 0.25) is 0 Å². The highest BCUT2D eigenvalue weighted by Crippen LogP contribution is 2.25. The number of nitrogens with zero attached hydrogens (tertiary/aromatic N) is 2. The maximum absolute atomic E-state index is 13.3. The summed E-state index contributed by atoms with van der Waals surface area (Å²) in [5, 5.41) is 8.35. The second kappa shape index (κ2) is 4.59. The maximum Gasteiger partial charge on any atom is 0.280 e. The molecule has 0 aliphatic carbocycles. The van der Waals surface area contributed by atoms with Gasteiger partial charge in [-0.05, 0) is 22.6 Å². The van der Waals surface area contributed by atoms with Gasteiger partial charge >= 0.3 is 0 Å². The quantitative estimate of drug-likeness (QED) is 0.788. The average molecular weight is 312 g/mol. The van der Waals surface area contributed by atoms with Gasteiger partial charge in [0, 0.05) is 11.8 Å². The van der Waals surface area contributed by atoms with Gasteiger partial charge in [-0.25, -0.2) is 13.2 Å². The molecule has 0 spiro atoms. The van der Waals surface area contributed by atoms with E-state index in [-0.39, 0.29) is 9.13 Å². The largest absolute Gasteiger partial charge is 0.280 e. The van der Waals surface area contributed by atoms with Crippen LogP contribution < -0.4 is 0 Å². The molecule has 0 saturated carbocycles. The van der Waals surface area contributed by atoms with E-state index in [9.17, 15) is 13.2 Å². The Morgan fingerprint density at radius 1 is 1.57 bits per heavy atom. The van der Waals surface area contributed by atoms with Crippen molar-refractivity contribution in [2.24, 2.45) is 0 Å². The average Bonchev–Trinajstić information content (AvgIpc) is 2.13. The highest BCUT2D eigenvalue weighted by atomic mass is 127. The fourth-order valence-corrected chi connectivity index (χ4v) is 1.42. The van der Waals surface area contributed by atoms with E-state index in [1.165, 1.54) is 0 Å². The van der Waals surface area contributed by atoms with Crippen molar-refractivity contribution in [2.75, 3.05) is 0 Å². The third-order valence-electron chi connectivity index (χ3n) is 1.56. The molecule has 0 radical (unpaired) electrons. The summed E-state index contributed by atoms with van der Waals surface area (Å²) in [4.78, 5) is 3.41. The Morgan fingerprint density at radius 3 is 2.71 bits per heavy atom. The van der Waals surface area contributed by atoms with Crippen molar-refractivity contribution in [3.05, 3.63) is 26.8 Å². The normalized spacial score (nSPS) is 10.3. The maximum atomic E-state index is 13.3. The summed E-state index contributed by atoms with van der Waals surface area (Å²) >= 11 is 1.64. The van der Waals surface area contributed by atoms with Crippen molar-refractivity contribution in [3.63, 3.8) is 0 Å². The Balaban J connectivity index is 3.31. The predicted octanol–water partition coefficient (Wildman–Crippen LogP) is 2.83. The Hall–Kier alpha value is -0.840. The number of halogens is 4. The summed E-state index contributed by atoms with van der Waals surface area (Å²) in [6, 6.07) is 1.63. The van der Waals surface area contributed by atoms with Gasteiger partial charge in [0.15, 0.2) is 0 Å². The molecule has 0 unspecified atom stereocenters. The second-order valence-corrected chi connectivity index (χ2v) is 3.58. The summed E-state index contributed by atoms with van der Waals surface area (Å²) in [6.07, 6.45) is -2.22. The number of aromatic nitrogens is 1. The van der Waals surface area contributed by atoms with Crippen LogP contribution >= 0.6 is 22.6 Å². The number of hydrogen-bond donors (Lipinski definition) is 0. The molecule has 2 nitrogen and oxygen atoms in total. The molecule has 74 valence electrons. The van der Waals surface area contributed by atoms with Crippen LogP contribution in [0.4, 0.5) is 13.2 Å². The molecular weight excluding hydrogens is 308 g/mol. The van der Waals surface area contributed by atoms with E-state index in [2.05, 4.69) is 4.98 Å². The number of alkyl halides is 2. The first-order valence-corrected chi connectivity index (χ1v) is 4.63. The van der Waals surface area contributed by atoms with Gasteiger partial charge in [0.2, 0.25) is 0 Å². The molecule has 0 N–H and O–H groups in total. The number of hydrogen-bond acceptors (Lipinski definition) is 2. The minimum absolute atomic E-state index is 0.136. The van der Waals surface area contributed by atoms with Crippen molar-refractivity contribution >= 4 is 22.6 Å².